The fourth-order valence-corrected chi connectivity index (χ4v) is 1.01. The van der Waals surface area contributed by atoms with Crippen molar-refractivity contribution >= 4 is 6.79 Å². The van der Waals surface area contributed by atoms with E-state index in [1.807, 2.05) is 26.0 Å². The highest BCUT2D eigenvalue weighted by atomic mass is 16.1. The summed E-state index contributed by atoms with van der Waals surface area (Å²) in [5.41, 5.74) is 5.58. The van der Waals surface area contributed by atoms with Crippen molar-refractivity contribution in [2.24, 2.45) is 5.73 Å². The van der Waals surface area contributed by atoms with Crippen LogP contribution in [0, 0.1) is 6.92 Å². The quantitative estimate of drug-likeness (QED) is 0.727. The highest BCUT2D eigenvalue weighted by molar-refractivity contribution is 5.11. The number of nitrogens with two attached hydrogens (primary N) is 1. The van der Waals surface area contributed by atoms with Gasteiger partial charge in [0.1, 0.15) is 12.6 Å². The van der Waals surface area contributed by atoms with Crippen LogP contribution in [0.5, 0.6) is 0 Å². The van der Waals surface area contributed by atoms with Crippen molar-refractivity contribution in [2.75, 3.05) is 7.05 Å². The van der Waals surface area contributed by atoms with Crippen LogP contribution in [0.2, 0.25) is 0 Å². The molecular formula is C10H17N3O. The number of nitrogens with zero attached hydrogens (tertiary/aromatic N) is 2. The molecule has 14 heavy (non-hydrogen) atoms. The summed E-state index contributed by atoms with van der Waals surface area (Å²) in [4.78, 5) is 16.5. The van der Waals surface area contributed by atoms with Gasteiger partial charge in [-0.2, -0.15) is 0 Å². The van der Waals surface area contributed by atoms with Gasteiger partial charge in [0.15, 0.2) is 0 Å². The molecule has 4 heteroatoms. The topological polar surface area (TPSA) is 68.9 Å². The third-order valence-electron chi connectivity index (χ3n) is 1.76. The van der Waals surface area contributed by atoms with E-state index < -0.39 is 0 Å². The first kappa shape index (κ1) is 12.7. The van der Waals surface area contributed by atoms with Gasteiger partial charge in [0.2, 0.25) is 0 Å². The fraction of sp³-hybridized carbons (Fsp3) is 0.500. The van der Waals surface area contributed by atoms with Crippen LogP contribution in [0.15, 0.2) is 12.3 Å². The Hall–Kier alpha value is -1.29. The zero-order valence-electron chi connectivity index (χ0n) is 8.73. The molecule has 1 heterocycles. The van der Waals surface area contributed by atoms with Crippen molar-refractivity contribution in [3.05, 3.63) is 23.8 Å². The van der Waals surface area contributed by atoms with Crippen molar-refractivity contribution in [1.29, 1.82) is 0 Å². The van der Waals surface area contributed by atoms with Crippen molar-refractivity contribution in [1.82, 2.24) is 9.97 Å². The van der Waals surface area contributed by atoms with Gasteiger partial charge in [0, 0.05) is 17.8 Å². The van der Waals surface area contributed by atoms with Gasteiger partial charge in [0.25, 0.3) is 0 Å². The molecule has 0 radical (unpaired) electrons. The normalized spacial score (nSPS) is 13.1. The Morgan fingerprint density at radius 3 is 2.43 bits per heavy atom. The number of hydrogen-bond donors (Lipinski definition) is 1. The van der Waals surface area contributed by atoms with E-state index in [1.54, 1.807) is 0 Å². The van der Waals surface area contributed by atoms with Crippen molar-refractivity contribution in [2.45, 2.75) is 25.7 Å². The zero-order chi connectivity index (χ0) is 11.0. The molecular weight excluding hydrogens is 178 g/mol. The Bertz CT molecular complexity index is 261. The van der Waals surface area contributed by atoms with E-state index in [0.29, 0.717) is 5.92 Å². The highest BCUT2D eigenvalue weighted by Crippen LogP contribution is 2.37. The molecule has 0 aromatic carbocycles. The first-order valence-corrected chi connectivity index (χ1v) is 4.52. The molecule has 2 N–H and O–H groups in total. The lowest BCUT2D eigenvalue weighted by Gasteiger charge is -1.95. The van der Waals surface area contributed by atoms with Gasteiger partial charge in [-0.15, -0.1) is 0 Å². The molecule has 1 aromatic rings. The van der Waals surface area contributed by atoms with Crippen LogP contribution < -0.4 is 5.73 Å². The average Bonchev–Trinajstić information content (AvgIpc) is 3.07. The highest BCUT2D eigenvalue weighted by Gasteiger charge is 2.25. The minimum atomic E-state index is 0.680. The molecule has 1 saturated carbocycles. The SMILES string of the molecule is C=O.CN.Cc1ccnc(C2CC2)n1. The number of hydrogen-bond acceptors (Lipinski definition) is 4. The summed E-state index contributed by atoms with van der Waals surface area (Å²) in [5, 5.41) is 0. The molecule has 0 spiro atoms. The number of aryl methyl sites for hydroxylation is 1. The van der Waals surface area contributed by atoms with Gasteiger partial charge >= 0.3 is 0 Å². The number of carbonyl (C=O) groups is 1. The van der Waals surface area contributed by atoms with Crippen LogP contribution in [-0.2, 0) is 4.79 Å². The van der Waals surface area contributed by atoms with Crippen LogP contribution in [0.25, 0.3) is 0 Å². The summed E-state index contributed by atoms with van der Waals surface area (Å²) in [7, 11) is 1.50. The first-order chi connectivity index (χ1) is 6.86. The van der Waals surface area contributed by atoms with Crippen LogP contribution in [0.1, 0.15) is 30.3 Å². The lowest BCUT2D eigenvalue weighted by Crippen LogP contribution is -1.92. The second-order valence-electron chi connectivity index (χ2n) is 2.83. The molecule has 1 aliphatic rings. The van der Waals surface area contributed by atoms with E-state index in [9.17, 15) is 0 Å². The summed E-state index contributed by atoms with van der Waals surface area (Å²) >= 11 is 0. The van der Waals surface area contributed by atoms with Crippen LogP contribution in [0.3, 0.4) is 0 Å². The molecule has 0 atom stereocenters. The lowest BCUT2D eigenvalue weighted by molar-refractivity contribution is -0.0979. The number of rotatable bonds is 1. The minimum Gasteiger partial charge on any atom is -0.333 e. The maximum absolute atomic E-state index is 8.00. The van der Waals surface area contributed by atoms with Crippen LogP contribution in [0.4, 0.5) is 0 Å². The monoisotopic (exact) mass is 195 g/mol. The third-order valence-corrected chi connectivity index (χ3v) is 1.76. The van der Waals surface area contributed by atoms with Gasteiger partial charge in [-0.25, -0.2) is 9.97 Å². The molecule has 4 nitrogen and oxygen atoms in total. The van der Waals surface area contributed by atoms with Crippen molar-refractivity contribution < 1.29 is 4.79 Å². The fourth-order valence-electron chi connectivity index (χ4n) is 1.01. The van der Waals surface area contributed by atoms with Gasteiger partial charge in [0.05, 0.1) is 0 Å². The molecule has 1 fully saturated rings. The first-order valence-electron chi connectivity index (χ1n) is 4.52. The molecule has 0 bridgehead atoms. The zero-order valence-corrected chi connectivity index (χ0v) is 8.73. The van der Waals surface area contributed by atoms with E-state index in [4.69, 9.17) is 4.79 Å². The van der Waals surface area contributed by atoms with E-state index in [0.717, 1.165) is 11.5 Å². The van der Waals surface area contributed by atoms with E-state index in [-0.39, 0.29) is 0 Å². The van der Waals surface area contributed by atoms with Gasteiger partial charge < -0.3 is 10.5 Å². The van der Waals surface area contributed by atoms with E-state index in [2.05, 4.69) is 15.7 Å². The minimum absolute atomic E-state index is 0.680. The molecule has 0 amide bonds. The Morgan fingerprint density at radius 2 is 2.00 bits per heavy atom. The lowest BCUT2D eigenvalue weighted by atomic mass is 10.3. The van der Waals surface area contributed by atoms with Gasteiger partial charge in [-0.1, -0.05) is 0 Å². The standard InChI is InChI=1S/C8H10N2.CH5N.CH2O/c1-6-4-5-9-8(10-6)7-2-3-7;2*1-2/h4-5,7H,2-3H2,1H3;2H2,1H3;1H2. The molecule has 0 unspecified atom stereocenters. The van der Waals surface area contributed by atoms with Gasteiger partial charge in [-0.05, 0) is 32.9 Å². The molecule has 0 saturated heterocycles. The summed E-state index contributed by atoms with van der Waals surface area (Å²) in [6, 6.07) is 1.94. The van der Waals surface area contributed by atoms with Crippen molar-refractivity contribution in [3.8, 4) is 0 Å². The predicted octanol–water partition coefficient (Wildman–Crippen LogP) is 1.05. The van der Waals surface area contributed by atoms with Gasteiger partial charge in [-0.3, -0.25) is 0 Å². The summed E-state index contributed by atoms with van der Waals surface area (Å²) in [6.07, 6.45) is 4.41. The Kier molecular flexibility index (Phi) is 6.49. The third kappa shape index (κ3) is 4.09. The van der Waals surface area contributed by atoms with Crippen molar-refractivity contribution in [3.63, 3.8) is 0 Å². The molecule has 2 rings (SSSR count). The second-order valence-corrected chi connectivity index (χ2v) is 2.83. The Balaban J connectivity index is 0.000000379. The van der Waals surface area contributed by atoms with E-state index in [1.165, 1.54) is 19.9 Å². The number of carbonyl (C=O) groups excluding carboxylic acids is 1. The van der Waals surface area contributed by atoms with E-state index >= 15 is 0 Å². The number of aromatic nitrogens is 2. The Morgan fingerprint density at radius 1 is 1.43 bits per heavy atom. The van der Waals surface area contributed by atoms with Crippen LogP contribution in [-0.4, -0.2) is 23.8 Å². The largest absolute Gasteiger partial charge is 0.333 e. The summed E-state index contributed by atoms with van der Waals surface area (Å²) < 4.78 is 0. The smallest absolute Gasteiger partial charge is 0.131 e. The predicted molar refractivity (Wildman–Crippen MR) is 56.0 cm³/mol. The summed E-state index contributed by atoms with van der Waals surface area (Å²) in [5.74, 6) is 1.72. The Labute approximate surface area is 84.6 Å². The van der Waals surface area contributed by atoms with Crippen LogP contribution >= 0.6 is 0 Å². The molecule has 0 aliphatic heterocycles. The maximum atomic E-state index is 8.00. The molecule has 78 valence electrons. The summed E-state index contributed by atoms with van der Waals surface area (Å²) in [6.45, 7) is 4.01. The molecule has 1 aromatic heterocycles. The maximum Gasteiger partial charge on any atom is 0.131 e. The molecule has 1 aliphatic carbocycles. The average molecular weight is 195 g/mol. The second kappa shape index (κ2) is 7.15.